The Kier molecular flexibility index (Phi) is 4.89. The standard InChI is InChI=1S/C13H16BrN5O/c1-8-5-9(3-4-10(8)14)16-11-6-12(19-15)18-13(17-11)7-20-2/h3-6H,7,15H2,1-2H3,(H2,16,17,18,19). The summed E-state index contributed by atoms with van der Waals surface area (Å²) < 4.78 is 6.10. The van der Waals surface area contributed by atoms with Crippen molar-refractivity contribution < 1.29 is 4.74 Å². The molecule has 1 aromatic heterocycles. The molecule has 2 aromatic rings. The zero-order valence-corrected chi connectivity index (χ0v) is 12.9. The topological polar surface area (TPSA) is 85.1 Å². The number of rotatable bonds is 5. The van der Waals surface area contributed by atoms with Crippen LogP contribution in [0.15, 0.2) is 28.7 Å². The Hall–Kier alpha value is -1.70. The van der Waals surface area contributed by atoms with E-state index < -0.39 is 0 Å². The van der Waals surface area contributed by atoms with Crippen molar-refractivity contribution in [2.24, 2.45) is 5.84 Å². The van der Waals surface area contributed by atoms with Crippen molar-refractivity contribution in [2.45, 2.75) is 13.5 Å². The molecular formula is C13H16BrN5O. The van der Waals surface area contributed by atoms with E-state index in [9.17, 15) is 0 Å². The van der Waals surface area contributed by atoms with Gasteiger partial charge in [-0.1, -0.05) is 15.9 Å². The van der Waals surface area contributed by atoms with Gasteiger partial charge in [0.1, 0.15) is 18.2 Å². The van der Waals surface area contributed by atoms with Crippen molar-refractivity contribution >= 4 is 33.3 Å². The van der Waals surface area contributed by atoms with Gasteiger partial charge in [-0.25, -0.2) is 15.8 Å². The molecule has 0 radical (unpaired) electrons. The first-order chi connectivity index (χ1) is 9.62. The monoisotopic (exact) mass is 337 g/mol. The lowest BCUT2D eigenvalue weighted by Crippen LogP contribution is -2.11. The Balaban J connectivity index is 2.27. The summed E-state index contributed by atoms with van der Waals surface area (Å²) in [5.41, 5.74) is 4.60. The van der Waals surface area contributed by atoms with E-state index in [1.807, 2.05) is 25.1 Å². The van der Waals surface area contributed by atoms with Crippen LogP contribution in [0.4, 0.5) is 17.3 Å². The van der Waals surface area contributed by atoms with Crippen molar-refractivity contribution in [3.63, 3.8) is 0 Å². The van der Waals surface area contributed by atoms with Crippen LogP contribution in [0.3, 0.4) is 0 Å². The summed E-state index contributed by atoms with van der Waals surface area (Å²) in [7, 11) is 1.59. The number of anilines is 3. The highest BCUT2D eigenvalue weighted by atomic mass is 79.9. The molecule has 106 valence electrons. The van der Waals surface area contributed by atoms with Crippen LogP contribution in [0, 0.1) is 6.92 Å². The van der Waals surface area contributed by atoms with Crippen LogP contribution in [-0.2, 0) is 11.3 Å². The number of nitrogens with one attached hydrogen (secondary N) is 2. The highest BCUT2D eigenvalue weighted by molar-refractivity contribution is 9.10. The average molecular weight is 338 g/mol. The first-order valence-corrected chi connectivity index (χ1v) is 6.78. The van der Waals surface area contributed by atoms with E-state index in [0.29, 0.717) is 24.1 Å². The van der Waals surface area contributed by atoms with Crippen molar-refractivity contribution in [3.8, 4) is 0 Å². The zero-order valence-electron chi connectivity index (χ0n) is 11.3. The van der Waals surface area contributed by atoms with Gasteiger partial charge in [-0.15, -0.1) is 0 Å². The van der Waals surface area contributed by atoms with E-state index in [-0.39, 0.29) is 0 Å². The van der Waals surface area contributed by atoms with Gasteiger partial charge in [0.25, 0.3) is 0 Å². The molecule has 6 nitrogen and oxygen atoms in total. The van der Waals surface area contributed by atoms with Crippen molar-refractivity contribution in [2.75, 3.05) is 17.9 Å². The van der Waals surface area contributed by atoms with E-state index in [1.54, 1.807) is 13.2 Å². The van der Waals surface area contributed by atoms with Gasteiger partial charge in [0, 0.05) is 23.3 Å². The Labute approximate surface area is 125 Å². The lowest BCUT2D eigenvalue weighted by Gasteiger charge is -2.10. The maximum atomic E-state index is 5.41. The molecule has 0 fully saturated rings. The summed E-state index contributed by atoms with van der Waals surface area (Å²) in [6.45, 7) is 2.35. The van der Waals surface area contributed by atoms with Gasteiger partial charge in [-0.05, 0) is 30.7 Å². The van der Waals surface area contributed by atoms with Gasteiger partial charge in [0.2, 0.25) is 0 Å². The lowest BCUT2D eigenvalue weighted by atomic mass is 10.2. The molecular weight excluding hydrogens is 322 g/mol. The van der Waals surface area contributed by atoms with Gasteiger partial charge in [0.05, 0.1) is 0 Å². The molecule has 0 bridgehead atoms. The summed E-state index contributed by atoms with van der Waals surface area (Å²) in [5, 5.41) is 3.22. The van der Waals surface area contributed by atoms with E-state index in [4.69, 9.17) is 10.6 Å². The van der Waals surface area contributed by atoms with Gasteiger partial charge >= 0.3 is 0 Å². The fourth-order valence-corrected chi connectivity index (χ4v) is 1.95. The predicted octanol–water partition coefficient (Wildman–Crippen LogP) is 2.72. The maximum Gasteiger partial charge on any atom is 0.158 e. The molecule has 0 saturated heterocycles. The van der Waals surface area contributed by atoms with Crippen LogP contribution in [0.5, 0.6) is 0 Å². The van der Waals surface area contributed by atoms with E-state index in [1.165, 1.54) is 0 Å². The molecule has 4 N–H and O–H groups in total. The fraction of sp³-hybridized carbons (Fsp3) is 0.231. The van der Waals surface area contributed by atoms with Crippen molar-refractivity contribution in [3.05, 3.63) is 40.1 Å². The Morgan fingerprint density at radius 3 is 2.65 bits per heavy atom. The quantitative estimate of drug-likeness (QED) is 0.574. The molecule has 0 unspecified atom stereocenters. The molecule has 0 aliphatic carbocycles. The van der Waals surface area contributed by atoms with Crippen LogP contribution in [0.2, 0.25) is 0 Å². The van der Waals surface area contributed by atoms with Gasteiger partial charge in [-0.3, -0.25) is 0 Å². The van der Waals surface area contributed by atoms with Crippen LogP contribution >= 0.6 is 15.9 Å². The highest BCUT2D eigenvalue weighted by Crippen LogP contribution is 2.23. The molecule has 0 aliphatic rings. The third-order valence-corrected chi connectivity index (χ3v) is 3.51. The van der Waals surface area contributed by atoms with Crippen molar-refractivity contribution in [1.82, 2.24) is 9.97 Å². The van der Waals surface area contributed by atoms with Gasteiger partial charge in [0.15, 0.2) is 5.82 Å². The van der Waals surface area contributed by atoms with Gasteiger partial charge < -0.3 is 15.5 Å². The predicted molar refractivity (Wildman–Crippen MR) is 82.7 cm³/mol. The number of methoxy groups -OCH3 is 1. The number of nitrogen functional groups attached to an aromatic ring is 1. The minimum Gasteiger partial charge on any atom is -0.377 e. The Morgan fingerprint density at radius 1 is 1.25 bits per heavy atom. The van der Waals surface area contributed by atoms with Crippen molar-refractivity contribution in [1.29, 1.82) is 0 Å². The van der Waals surface area contributed by atoms with Crippen LogP contribution in [0.25, 0.3) is 0 Å². The number of aromatic nitrogens is 2. The first-order valence-electron chi connectivity index (χ1n) is 5.99. The van der Waals surface area contributed by atoms with E-state index >= 15 is 0 Å². The normalized spacial score (nSPS) is 10.4. The average Bonchev–Trinajstić information content (AvgIpc) is 2.43. The number of halogens is 1. The first kappa shape index (κ1) is 14.7. The second kappa shape index (κ2) is 6.65. The molecule has 2 rings (SSSR count). The highest BCUT2D eigenvalue weighted by Gasteiger charge is 2.05. The molecule has 0 spiro atoms. The Bertz CT molecular complexity index is 605. The third kappa shape index (κ3) is 3.66. The van der Waals surface area contributed by atoms with Gasteiger partial charge in [-0.2, -0.15) is 0 Å². The maximum absolute atomic E-state index is 5.41. The number of hydrogen-bond donors (Lipinski definition) is 3. The second-order valence-corrected chi connectivity index (χ2v) is 5.08. The molecule has 0 saturated carbocycles. The summed E-state index contributed by atoms with van der Waals surface area (Å²) in [6.07, 6.45) is 0. The molecule has 7 heteroatoms. The van der Waals surface area contributed by atoms with E-state index in [2.05, 4.69) is 36.6 Å². The second-order valence-electron chi connectivity index (χ2n) is 4.22. The molecule has 20 heavy (non-hydrogen) atoms. The largest absolute Gasteiger partial charge is 0.377 e. The number of benzene rings is 1. The summed E-state index contributed by atoms with van der Waals surface area (Å²) in [5.74, 6) is 7.15. The molecule has 0 aliphatic heterocycles. The molecule has 0 amide bonds. The smallest absolute Gasteiger partial charge is 0.158 e. The number of aryl methyl sites for hydroxylation is 1. The molecule has 1 aromatic carbocycles. The molecule has 1 heterocycles. The SMILES string of the molecule is COCc1nc(NN)cc(Nc2ccc(Br)c(C)c2)n1. The van der Waals surface area contributed by atoms with Crippen LogP contribution in [-0.4, -0.2) is 17.1 Å². The number of nitrogens with zero attached hydrogens (tertiary/aromatic N) is 2. The van der Waals surface area contributed by atoms with E-state index in [0.717, 1.165) is 15.7 Å². The summed E-state index contributed by atoms with van der Waals surface area (Å²) in [6, 6.07) is 7.70. The number of nitrogens with two attached hydrogens (primary N) is 1. The lowest BCUT2D eigenvalue weighted by molar-refractivity contribution is 0.178. The number of hydrogen-bond acceptors (Lipinski definition) is 6. The number of hydrazine groups is 1. The third-order valence-electron chi connectivity index (χ3n) is 2.62. The molecule has 0 atom stereocenters. The number of ether oxygens (including phenoxy) is 1. The minimum atomic E-state index is 0.323. The van der Waals surface area contributed by atoms with Crippen LogP contribution < -0.4 is 16.6 Å². The van der Waals surface area contributed by atoms with Crippen LogP contribution in [0.1, 0.15) is 11.4 Å². The Morgan fingerprint density at radius 2 is 2.00 bits per heavy atom. The summed E-state index contributed by atoms with van der Waals surface area (Å²) >= 11 is 3.47. The fourth-order valence-electron chi connectivity index (χ4n) is 1.70. The minimum absolute atomic E-state index is 0.323. The zero-order chi connectivity index (χ0) is 14.5. The summed E-state index contributed by atoms with van der Waals surface area (Å²) in [4.78, 5) is 8.56.